The van der Waals surface area contributed by atoms with Crippen molar-refractivity contribution in [3.63, 3.8) is 0 Å². The molecule has 0 aliphatic carbocycles. The highest BCUT2D eigenvalue weighted by atomic mass is 16.5. The minimum absolute atomic E-state index is 0.132. The lowest BCUT2D eigenvalue weighted by molar-refractivity contribution is -0.140. The van der Waals surface area contributed by atoms with Gasteiger partial charge in [-0.1, -0.05) is 6.07 Å². The molecule has 34 heavy (non-hydrogen) atoms. The third-order valence-electron chi connectivity index (χ3n) is 7.97. The third-order valence-corrected chi connectivity index (χ3v) is 7.97. The van der Waals surface area contributed by atoms with Crippen molar-refractivity contribution in [3.8, 4) is 5.82 Å². The number of rotatable bonds is 5. The van der Waals surface area contributed by atoms with Gasteiger partial charge in [0.1, 0.15) is 12.9 Å². The van der Waals surface area contributed by atoms with Crippen molar-refractivity contribution in [2.75, 3.05) is 19.7 Å². The van der Waals surface area contributed by atoms with Gasteiger partial charge in [-0.05, 0) is 55.5 Å². The van der Waals surface area contributed by atoms with E-state index in [1.807, 2.05) is 13.0 Å². The summed E-state index contributed by atoms with van der Waals surface area (Å²) < 4.78 is 6.50. The Morgan fingerprint density at radius 2 is 2.03 bits per heavy atom. The van der Waals surface area contributed by atoms with Crippen molar-refractivity contribution < 1.29 is 19.4 Å². The van der Waals surface area contributed by atoms with Gasteiger partial charge >= 0.3 is 5.97 Å². The van der Waals surface area contributed by atoms with Crippen molar-refractivity contribution in [3.05, 3.63) is 41.5 Å². The molecule has 3 fully saturated rings. The van der Waals surface area contributed by atoms with E-state index in [1.54, 1.807) is 11.0 Å². The zero-order valence-electron chi connectivity index (χ0n) is 19.0. The molecule has 0 radical (unpaired) electrons. The second kappa shape index (κ2) is 7.95. The Morgan fingerprint density at radius 3 is 2.68 bits per heavy atom. The third kappa shape index (κ3) is 3.41. The molecule has 2 aromatic heterocycles. The molecule has 6 rings (SSSR count). The molecule has 2 aromatic rings. The summed E-state index contributed by atoms with van der Waals surface area (Å²) in [6.07, 6.45) is 6.72. The van der Waals surface area contributed by atoms with Crippen LogP contribution in [0.2, 0.25) is 0 Å². The number of carbonyl (C=O) groups excluding carboxylic acids is 2. The molecule has 4 aliphatic rings. The lowest BCUT2D eigenvalue weighted by Gasteiger charge is -2.44. The van der Waals surface area contributed by atoms with Crippen molar-refractivity contribution >= 4 is 11.9 Å². The van der Waals surface area contributed by atoms with Crippen LogP contribution in [-0.2, 0) is 14.3 Å². The van der Waals surface area contributed by atoms with Crippen LogP contribution in [0.15, 0.2) is 30.2 Å². The van der Waals surface area contributed by atoms with E-state index in [-0.39, 0.29) is 36.0 Å². The Bertz CT molecular complexity index is 1150. The number of hydrogen-bond acceptors (Lipinski definition) is 9. The first kappa shape index (κ1) is 21.4. The standard InChI is InChI=1S/C23H27N7O4/c1-14-18(4-5-20(25-14)30-13-24-26-27-30)19(31)11-29-15-2-3-16(29)10-23(9-15)6-7-28(22(23)33)17-8-21(32)34-12-17/h4-5,8,13,15-16,19,31H,2-3,6-7,9-12H2,1H3/t15?,16?,19-,23?/m0/s1. The molecule has 3 saturated heterocycles. The maximum absolute atomic E-state index is 13.4. The molecular formula is C23H27N7O4. The van der Waals surface area contributed by atoms with Gasteiger partial charge < -0.3 is 14.7 Å². The van der Waals surface area contributed by atoms with E-state index in [4.69, 9.17) is 4.74 Å². The summed E-state index contributed by atoms with van der Waals surface area (Å²) in [7, 11) is 0. The predicted molar refractivity (Wildman–Crippen MR) is 117 cm³/mol. The van der Waals surface area contributed by atoms with E-state index in [2.05, 4.69) is 25.4 Å². The molecule has 3 atom stereocenters. The fourth-order valence-corrected chi connectivity index (χ4v) is 6.33. The number of aryl methyl sites for hydroxylation is 1. The molecule has 2 unspecified atom stereocenters. The summed E-state index contributed by atoms with van der Waals surface area (Å²) in [4.78, 5) is 33.6. The normalized spacial score (nSPS) is 29.7. The topological polar surface area (TPSA) is 127 Å². The van der Waals surface area contributed by atoms with Crippen molar-refractivity contribution in [1.82, 2.24) is 35.0 Å². The molecule has 2 bridgehead atoms. The SMILES string of the molecule is Cc1nc(-n2cnnn2)ccc1[C@@H](O)CN1C2CCC1CC1(CCN(C3=CC(=O)OC3)C1=O)C2. The Labute approximate surface area is 196 Å². The molecule has 4 aliphatic heterocycles. The van der Waals surface area contributed by atoms with Crippen LogP contribution in [0, 0.1) is 12.3 Å². The number of aromatic nitrogens is 5. The monoisotopic (exact) mass is 465 g/mol. The number of carbonyl (C=O) groups is 2. The predicted octanol–water partition coefficient (Wildman–Crippen LogP) is 0.685. The second-order valence-electron chi connectivity index (χ2n) is 9.83. The highest BCUT2D eigenvalue weighted by Gasteiger charge is 2.56. The Morgan fingerprint density at radius 1 is 1.24 bits per heavy atom. The Hall–Kier alpha value is -3.18. The van der Waals surface area contributed by atoms with Crippen molar-refractivity contribution in [2.45, 2.75) is 57.2 Å². The number of cyclic esters (lactones) is 1. The summed E-state index contributed by atoms with van der Waals surface area (Å²) in [5.74, 6) is 0.364. The maximum Gasteiger partial charge on any atom is 0.333 e. The number of amides is 1. The van der Waals surface area contributed by atoms with Gasteiger partial charge in [-0.2, -0.15) is 4.68 Å². The number of ether oxygens (including phenoxy) is 1. The van der Waals surface area contributed by atoms with Crippen LogP contribution in [-0.4, -0.2) is 83.8 Å². The van der Waals surface area contributed by atoms with Gasteiger partial charge in [0.2, 0.25) is 5.91 Å². The molecule has 6 heterocycles. The van der Waals surface area contributed by atoms with Gasteiger partial charge in [0, 0.05) is 42.5 Å². The number of tetrazole rings is 1. The summed E-state index contributed by atoms with van der Waals surface area (Å²) in [6.45, 7) is 3.22. The van der Waals surface area contributed by atoms with Crippen LogP contribution in [0.1, 0.15) is 49.5 Å². The van der Waals surface area contributed by atoms with Crippen molar-refractivity contribution in [2.24, 2.45) is 5.41 Å². The van der Waals surface area contributed by atoms with E-state index in [0.717, 1.165) is 43.4 Å². The van der Waals surface area contributed by atoms with Gasteiger partial charge in [-0.25, -0.2) is 9.78 Å². The average molecular weight is 466 g/mol. The lowest BCUT2D eigenvalue weighted by atomic mass is 9.73. The van der Waals surface area contributed by atoms with Crippen LogP contribution >= 0.6 is 0 Å². The van der Waals surface area contributed by atoms with E-state index in [1.165, 1.54) is 17.1 Å². The van der Waals surface area contributed by atoms with Crippen LogP contribution in [0.25, 0.3) is 5.82 Å². The fourth-order valence-electron chi connectivity index (χ4n) is 6.33. The van der Waals surface area contributed by atoms with Gasteiger partial charge in [-0.15, -0.1) is 5.10 Å². The largest absolute Gasteiger partial charge is 0.456 e. The molecule has 1 amide bonds. The van der Waals surface area contributed by atoms with Crippen LogP contribution < -0.4 is 0 Å². The number of aliphatic hydroxyl groups is 1. The van der Waals surface area contributed by atoms with E-state index >= 15 is 0 Å². The summed E-state index contributed by atoms with van der Waals surface area (Å²) >= 11 is 0. The van der Waals surface area contributed by atoms with E-state index in [9.17, 15) is 14.7 Å². The van der Waals surface area contributed by atoms with Gasteiger partial charge in [0.05, 0.1) is 17.2 Å². The zero-order chi connectivity index (χ0) is 23.4. The van der Waals surface area contributed by atoms with Crippen LogP contribution in [0.3, 0.4) is 0 Å². The van der Waals surface area contributed by atoms with Gasteiger partial charge in [0.15, 0.2) is 5.82 Å². The number of pyridine rings is 1. The number of nitrogens with zero attached hydrogens (tertiary/aromatic N) is 7. The molecule has 0 aromatic carbocycles. The second-order valence-corrected chi connectivity index (χ2v) is 9.83. The molecule has 1 spiro atoms. The number of esters is 1. The van der Waals surface area contributed by atoms with E-state index < -0.39 is 6.10 Å². The molecular weight excluding hydrogens is 438 g/mol. The number of piperidine rings is 1. The summed E-state index contributed by atoms with van der Waals surface area (Å²) in [5.41, 5.74) is 1.84. The number of aliphatic hydroxyl groups excluding tert-OH is 1. The van der Waals surface area contributed by atoms with Crippen LogP contribution in [0.4, 0.5) is 0 Å². The minimum atomic E-state index is -0.671. The smallest absolute Gasteiger partial charge is 0.333 e. The minimum Gasteiger partial charge on any atom is -0.456 e. The molecule has 11 nitrogen and oxygen atoms in total. The number of fused-ring (bicyclic) bond motifs is 2. The molecule has 0 saturated carbocycles. The Kier molecular flexibility index (Phi) is 4.99. The molecule has 178 valence electrons. The van der Waals surface area contributed by atoms with Crippen molar-refractivity contribution in [1.29, 1.82) is 0 Å². The first-order chi connectivity index (χ1) is 16.4. The number of likely N-dealkylation sites (tertiary alicyclic amines) is 1. The van der Waals surface area contributed by atoms with Gasteiger partial charge in [-0.3, -0.25) is 9.69 Å². The van der Waals surface area contributed by atoms with Crippen LogP contribution in [0.5, 0.6) is 0 Å². The summed E-state index contributed by atoms with van der Waals surface area (Å²) in [5, 5.41) is 22.2. The lowest BCUT2D eigenvalue weighted by Crippen LogP contribution is -2.51. The highest BCUT2D eigenvalue weighted by molar-refractivity contribution is 5.90. The summed E-state index contributed by atoms with van der Waals surface area (Å²) in [6, 6.07) is 4.22. The zero-order valence-corrected chi connectivity index (χ0v) is 19.0. The highest BCUT2D eigenvalue weighted by Crippen LogP contribution is 2.52. The number of hydrogen-bond donors (Lipinski definition) is 1. The Balaban J connectivity index is 1.15. The first-order valence-corrected chi connectivity index (χ1v) is 11.8. The van der Waals surface area contributed by atoms with Gasteiger partial charge in [0.25, 0.3) is 0 Å². The average Bonchev–Trinajstić information content (AvgIpc) is 3.59. The molecule has 1 N–H and O–H groups in total. The first-order valence-electron chi connectivity index (χ1n) is 11.8. The van der Waals surface area contributed by atoms with E-state index in [0.29, 0.717) is 24.6 Å². The molecule has 11 heteroatoms. The maximum atomic E-state index is 13.4. The quantitative estimate of drug-likeness (QED) is 0.635. The fraction of sp³-hybridized carbons (Fsp3) is 0.565.